The molecule has 0 radical (unpaired) electrons. The molecular weight excluding hydrogens is 200 g/mol. The fourth-order valence-electron chi connectivity index (χ4n) is 1.22. The van der Waals surface area contributed by atoms with Gasteiger partial charge in [0.05, 0.1) is 11.9 Å². The van der Waals surface area contributed by atoms with E-state index in [2.05, 4.69) is 9.97 Å². The van der Waals surface area contributed by atoms with Crippen LogP contribution in [0.2, 0.25) is 5.02 Å². The summed E-state index contributed by atoms with van der Waals surface area (Å²) in [6, 6.07) is 7.17. The Morgan fingerprint density at radius 3 is 2.71 bits per heavy atom. The molecule has 0 spiro atoms. The molecule has 0 aliphatic rings. The van der Waals surface area contributed by atoms with Crippen molar-refractivity contribution in [1.29, 1.82) is 0 Å². The fraction of sp³-hybridized carbons (Fsp3) is 0. The summed E-state index contributed by atoms with van der Waals surface area (Å²) < 4.78 is 0. The Morgan fingerprint density at radius 2 is 2.00 bits per heavy atom. The van der Waals surface area contributed by atoms with Gasteiger partial charge in [-0.15, -0.1) is 0 Å². The number of hydrogen-bond acceptors (Lipinski definition) is 2. The molecule has 0 aliphatic heterocycles. The molecule has 1 aromatic heterocycles. The van der Waals surface area contributed by atoms with E-state index in [0.29, 0.717) is 16.1 Å². The minimum Gasteiger partial charge on any atom is -0.313 e. The minimum absolute atomic E-state index is 0.187. The van der Waals surface area contributed by atoms with Crippen LogP contribution in [0.1, 0.15) is 0 Å². The van der Waals surface area contributed by atoms with Gasteiger partial charge < -0.3 is 4.98 Å². The molecule has 1 heterocycles. The lowest BCUT2D eigenvalue weighted by molar-refractivity contribution is 1.12. The van der Waals surface area contributed by atoms with Gasteiger partial charge in [-0.25, -0.2) is 4.98 Å². The third-order valence-corrected chi connectivity index (χ3v) is 2.21. The van der Waals surface area contributed by atoms with E-state index in [4.69, 9.17) is 11.6 Å². The quantitative estimate of drug-likeness (QED) is 0.777. The van der Waals surface area contributed by atoms with E-state index in [1.807, 2.05) is 12.1 Å². The summed E-state index contributed by atoms with van der Waals surface area (Å²) >= 11 is 5.95. The Hall–Kier alpha value is -1.61. The van der Waals surface area contributed by atoms with E-state index >= 15 is 0 Å². The maximum Gasteiger partial charge on any atom is 0.258 e. The fourth-order valence-corrected chi connectivity index (χ4v) is 1.45. The second-order valence-corrected chi connectivity index (χ2v) is 3.18. The van der Waals surface area contributed by atoms with E-state index in [9.17, 15) is 4.79 Å². The van der Waals surface area contributed by atoms with Gasteiger partial charge in [-0.2, -0.15) is 0 Å². The van der Waals surface area contributed by atoms with Crippen LogP contribution in [0.25, 0.3) is 11.1 Å². The maximum atomic E-state index is 11.4. The standard InChI is InChI=1S/C10H7ClN2O/c11-9-4-2-1-3-7(9)8-5-12-6-13-10(8)14/h1-6H,(H,12,13,14). The Morgan fingerprint density at radius 1 is 1.21 bits per heavy atom. The van der Waals surface area contributed by atoms with Crippen LogP contribution in [0, 0.1) is 0 Å². The number of aromatic nitrogens is 2. The predicted octanol–water partition coefficient (Wildman–Crippen LogP) is 2.09. The van der Waals surface area contributed by atoms with Crippen LogP contribution in [0.4, 0.5) is 0 Å². The first kappa shape index (κ1) is 8.97. The Bertz CT molecular complexity index is 507. The normalized spacial score (nSPS) is 10.1. The molecule has 0 unspecified atom stereocenters. The molecule has 0 atom stereocenters. The monoisotopic (exact) mass is 206 g/mol. The number of H-pyrrole nitrogens is 1. The van der Waals surface area contributed by atoms with Gasteiger partial charge in [-0.1, -0.05) is 29.8 Å². The van der Waals surface area contributed by atoms with E-state index in [0.717, 1.165) is 0 Å². The van der Waals surface area contributed by atoms with Crippen molar-refractivity contribution in [3.8, 4) is 11.1 Å². The summed E-state index contributed by atoms with van der Waals surface area (Å²) in [7, 11) is 0. The van der Waals surface area contributed by atoms with Crippen LogP contribution in [0.15, 0.2) is 41.6 Å². The number of benzene rings is 1. The number of rotatable bonds is 1. The third-order valence-electron chi connectivity index (χ3n) is 1.88. The number of halogens is 1. The van der Waals surface area contributed by atoms with Crippen LogP contribution >= 0.6 is 11.6 Å². The second-order valence-electron chi connectivity index (χ2n) is 2.77. The number of nitrogens with zero attached hydrogens (tertiary/aromatic N) is 1. The van der Waals surface area contributed by atoms with Crippen LogP contribution in [-0.4, -0.2) is 9.97 Å². The highest BCUT2D eigenvalue weighted by atomic mass is 35.5. The zero-order valence-corrected chi connectivity index (χ0v) is 7.95. The highest BCUT2D eigenvalue weighted by molar-refractivity contribution is 6.33. The Kier molecular flexibility index (Phi) is 2.33. The molecular formula is C10H7ClN2O. The molecule has 14 heavy (non-hydrogen) atoms. The first-order valence-corrected chi connectivity index (χ1v) is 4.44. The molecule has 3 nitrogen and oxygen atoms in total. The molecule has 2 aromatic rings. The van der Waals surface area contributed by atoms with Crippen molar-refractivity contribution >= 4 is 11.6 Å². The summed E-state index contributed by atoms with van der Waals surface area (Å²) in [4.78, 5) is 17.8. The summed E-state index contributed by atoms with van der Waals surface area (Å²) in [5.74, 6) is 0. The van der Waals surface area contributed by atoms with Gasteiger partial charge in [-0.3, -0.25) is 4.79 Å². The minimum atomic E-state index is -0.187. The molecule has 70 valence electrons. The first-order valence-electron chi connectivity index (χ1n) is 4.06. The van der Waals surface area contributed by atoms with Crippen molar-refractivity contribution in [3.05, 3.63) is 52.2 Å². The highest BCUT2D eigenvalue weighted by Crippen LogP contribution is 2.23. The number of hydrogen-bond donors (Lipinski definition) is 1. The van der Waals surface area contributed by atoms with Crippen molar-refractivity contribution in [1.82, 2.24) is 9.97 Å². The van der Waals surface area contributed by atoms with Crippen LogP contribution in [0.5, 0.6) is 0 Å². The summed E-state index contributed by atoms with van der Waals surface area (Å²) in [6.45, 7) is 0. The van der Waals surface area contributed by atoms with E-state index in [1.54, 1.807) is 12.1 Å². The van der Waals surface area contributed by atoms with E-state index in [-0.39, 0.29) is 5.56 Å². The van der Waals surface area contributed by atoms with Crippen molar-refractivity contribution in [3.63, 3.8) is 0 Å². The van der Waals surface area contributed by atoms with Crippen LogP contribution in [-0.2, 0) is 0 Å². The first-order chi connectivity index (χ1) is 6.79. The predicted molar refractivity (Wildman–Crippen MR) is 55.3 cm³/mol. The molecule has 0 aliphatic carbocycles. The molecule has 0 saturated carbocycles. The Labute approximate surface area is 85.4 Å². The zero-order chi connectivity index (χ0) is 9.97. The van der Waals surface area contributed by atoms with Crippen LogP contribution < -0.4 is 5.56 Å². The van der Waals surface area contributed by atoms with Crippen LogP contribution in [0.3, 0.4) is 0 Å². The molecule has 0 fully saturated rings. The van der Waals surface area contributed by atoms with Crippen molar-refractivity contribution in [2.75, 3.05) is 0 Å². The Balaban J connectivity index is 2.67. The lowest BCUT2D eigenvalue weighted by Gasteiger charge is -2.01. The topological polar surface area (TPSA) is 45.8 Å². The summed E-state index contributed by atoms with van der Waals surface area (Å²) in [5.41, 5.74) is 0.995. The molecule has 1 aromatic carbocycles. The lowest BCUT2D eigenvalue weighted by atomic mass is 10.1. The average molecular weight is 207 g/mol. The molecule has 2 rings (SSSR count). The van der Waals surface area contributed by atoms with Crippen molar-refractivity contribution in [2.24, 2.45) is 0 Å². The van der Waals surface area contributed by atoms with Crippen molar-refractivity contribution in [2.45, 2.75) is 0 Å². The largest absolute Gasteiger partial charge is 0.313 e. The highest BCUT2D eigenvalue weighted by Gasteiger charge is 2.05. The molecule has 0 amide bonds. The van der Waals surface area contributed by atoms with Gasteiger partial charge in [0.15, 0.2) is 0 Å². The third kappa shape index (κ3) is 1.54. The maximum absolute atomic E-state index is 11.4. The van der Waals surface area contributed by atoms with Gasteiger partial charge in [0, 0.05) is 16.8 Å². The van der Waals surface area contributed by atoms with Gasteiger partial charge in [0.1, 0.15) is 0 Å². The smallest absolute Gasteiger partial charge is 0.258 e. The van der Waals surface area contributed by atoms with Gasteiger partial charge in [0.2, 0.25) is 0 Å². The van der Waals surface area contributed by atoms with Crippen molar-refractivity contribution < 1.29 is 0 Å². The van der Waals surface area contributed by atoms with Gasteiger partial charge >= 0.3 is 0 Å². The molecule has 4 heteroatoms. The lowest BCUT2D eigenvalue weighted by Crippen LogP contribution is -2.08. The SMILES string of the molecule is O=c1[nH]cncc1-c1ccccc1Cl. The van der Waals surface area contributed by atoms with Gasteiger partial charge in [-0.05, 0) is 6.07 Å². The van der Waals surface area contributed by atoms with E-state index in [1.165, 1.54) is 12.5 Å². The summed E-state index contributed by atoms with van der Waals surface area (Å²) in [6.07, 6.45) is 2.85. The number of aromatic amines is 1. The van der Waals surface area contributed by atoms with E-state index < -0.39 is 0 Å². The molecule has 0 bridgehead atoms. The molecule has 0 saturated heterocycles. The number of nitrogens with one attached hydrogen (secondary N) is 1. The summed E-state index contributed by atoms with van der Waals surface area (Å²) in [5, 5.41) is 0.547. The average Bonchev–Trinajstić information content (AvgIpc) is 2.20. The van der Waals surface area contributed by atoms with Gasteiger partial charge in [0.25, 0.3) is 5.56 Å². The molecule has 1 N–H and O–H groups in total. The zero-order valence-electron chi connectivity index (χ0n) is 7.20. The second kappa shape index (κ2) is 3.64.